The van der Waals surface area contributed by atoms with Gasteiger partial charge >= 0.3 is 5.97 Å². The second-order valence-corrected chi connectivity index (χ2v) is 8.67. The van der Waals surface area contributed by atoms with Gasteiger partial charge in [0.15, 0.2) is 17.6 Å². The van der Waals surface area contributed by atoms with Crippen molar-refractivity contribution in [2.45, 2.75) is 11.8 Å². The molecule has 5 rings (SSSR count). The van der Waals surface area contributed by atoms with Crippen molar-refractivity contribution in [3.63, 3.8) is 0 Å². The highest BCUT2D eigenvalue weighted by Crippen LogP contribution is 2.28. The first-order chi connectivity index (χ1) is 16.3. The number of carbonyl (C=O) groups excluding carboxylic acids is 1. The van der Waals surface area contributed by atoms with Crippen LogP contribution in [0.1, 0.15) is 5.89 Å². The fourth-order valence-electron chi connectivity index (χ4n) is 3.07. The number of hydrogen-bond acceptors (Lipinski definition) is 9. The summed E-state index contributed by atoms with van der Waals surface area (Å²) < 4.78 is 12.4. The predicted octanol–water partition coefficient (Wildman–Crippen LogP) is 4.88. The monoisotopic (exact) mass is 475 g/mol. The first kappa shape index (κ1) is 21.1. The smallest absolute Gasteiger partial charge is 0.316 e. The van der Waals surface area contributed by atoms with E-state index >= 15 is 0 Å². The molecule has 164 valence electrons. The Morgan fingerprint density at radius 3 is 2.55 bits per heavy atom. The van der Waals surface area contributed by atoms with Gasteiger partial charge in [-0.05, 0) is 23.6 Å². The van der Waals surface area contributed by atoms with Crippen molar-refractivity contribution in [2.75, 3.05) is 5.75 Å². The molecule has 0 aliphatic heterocycles. The Kier molecular flexibility index (Phi) is 6.27. The summed E-state index contributed by atoms with van der Waals surface area (Å²) in [5.74, 6) is 1.07. The SMILES string of the molecule is O=C(CSc1nnc(-c2ccccc2)n1-c1ccccc1)OCc1nc(-c2cccs2)no1. The zero-order valence-electron chi connectivity index (χ0n) is 17.2. The van der Waals surface area contributed by atoms with Crippen LogP contribution >= 0.6 is 23.1 Å². The summed E-state index contributed by atoms with van der Waals surface area (Å²) in [6.07, 6.45) is 0. The molecule has 8 nitrogen and oxygen atoms in total. The van der Waals surface area contributed by atoms with E-state index in [9.17, 15) is 4.79 Å². The molecule has 0 amide bonds. The molecular formula is C23H17N5O3S2. The van der Waals surface area contributed by atoms with Gasteiger partial charge in [0.2, 0.25) is 5.82 Å². The van der Waals surface area contributed by atoms with Crippen molar-refractivity contribution < 1.29 is 14.1 Å². The lowest BCUT2D eigenvalue weighted by molar-refractivity contribution is -0.142. The molecule has 0 fully saturated rings. The summed E-state index contributed by atoms with van der Waals surface area (Å²) in [6, 6.07) is 23.4. The maximum atomic E-state index is 12.4. The molecule has 0 spiro atoms. The van der Waals surface area contributed by atoms with Crippen molar-refractivity contribution in [3.8, 4) is 27.8 Å². The summed E-state index contributed by atoms with van der Waals surface area (Å²) in [5, 5.41) is 15.1. The van der Waals surface area contributed by atoms with E-state index in [0.29, 0.717) is 16.8 Å². The summed E-state index contributed by atoms with van der Waals surface area (Å²) in [6.45, 7) is -0.0849. The maximum Gasteiger partial charge on any atom is 0.316 e. The molecule has 3 aromatic heterocycles. The number of thiophene rings is 1. The molecule has 5 aromatic rings. The van der Waals surface area contributed by atoms with E-state index < -0.39 is 5.97 Å². The molecule has 0 radical (unpaired) electrons. The van der Waals surface area contributed by atoms with Crippen LogP contribution < -0.4 is 0 Å². The van der Waals surface area contributed by atoms with E-state index in [1.165, 1.54) is 23.1 Å². The topological polar surface area (TPSA) is 95.9 Å². The molecule has 0 atom stereocenters. The number of aromatic nitrogens is 5. The van der Waals surface area contributed by atoms with Gasteiger partial charge < -0.3 is 9.26 Å². The van der Waals surface area contributed by atoms with Crippen LogP contribution in [0.15, 0.2) is 87.9 Å². The van der Waals surface area contributed by atoms with Crippen molar-refractivity contribution >= 4 is 29.1 Å². The van der Waals surface area contributed by atoms with E-state index in [0.717, 1.165) is 16.1 Å². The van der Waals surface area contributed by atoms with Gasteiger partial charge in [0.1, 0.15) is 0 Å². The van der Waals surface area contributed by atoms with E-state index in [1.54, 1.807) is 0 Å². The third kappa shape index (κ3) is 4.86. The fourth-order valence-corrected chi connectivity index (χ4v) is 4.47. The van der Waals surface area contributed by atoms with Crippen molar-refractivity contribution in [1.29, 1.82) is 0 Å². The van der Waals surface area contributed by atoms with Crippen LogP contribution in [0.25, 0.3) is 27.8 Å². The van der Waals surface area contributed by atoms with Crippen LogP contribution in [-0.2, 0) is 16.1 Å². The van der Waals surface area contributed by atoms with Gasteiger partial charge in [-0.3, -0.25) is 9.36 Å². The number of thioether (sulfide) groups is 1. The molecule has 0 aliphatic carbocycles. The van der Waals surface area contributed by atoms with E-state index in [-0.39, 0.29) is 18.3 Å². The number of nitrogens with zero attached hydrogens (tertiary/aromatic N) is 5. The zero-order valence-corrected chi connectivity index (χ0v) is 18.8. The first-order valence-corrected chi connectivity index (χ1v) is 11.9. The van der Waals surface area contributed by atoms with Crippen LogP contribution in [-0.4, -0.2) is 36.6 Å². The van der Waals surface area contributed by atoms with Gasteiger partial charge in [-0.1, -0.05) is 71.5 Å². The second-order valence-electron chi connectivity index (χ2n) is 6.78. The molecule has 0 unspecified atom stereocenters. The zero-order chi connectivity index (χ0) is 22.5. The Morgan fingerprint density at radius 1 is 1.00 bits per heavy atom. The standard InChI is InChI=1S/C23H17N5O3S2/c29-20(30-14-19-24-21(27-31-19)18-12-7-13-32-18)15-33-23-26-25-22(16-8-3-1-4-9-16)28(23)17-10-5-2-6-11-17/h1-13H,14-15H2. The van der Waals surface area contributed by atoms with Crippen LogP contribution in [0.2, 0.25) is 0 Å². The lowest BCUT2D eigenvalue weighted by Gasteiger charge is -2.10. The van der Waals surface area contributed by atoms with Gasteiger partial charge in [-0.15, -0.1) is 21.5 Å². The van der Waals surface area contributed by atoms with Crippen molar-refractivity contribution in [2.24, 2.45) is 0 Å². The Balaban J connectivity index is 1.27. The Hall–Kier alpha value is -3.76. The van der Waals surface area contributed by atoms with E-state index in [2.05, 4.69) is 20.3 Å². The normalized spacial score (nSPS) is 10.9. The average molecular weight is 476 g/mol. The minimum Gasteiger partial charge on any atom is -0.455 e. The third-order valence-corrected chi connectivity index (χ3v) is 6.33. The van der Waals surface area contributed by atoms with Gasteiger partial charge in [-0.2, -0.15) is 4.98 Å². The molecule has 0 aliphatic rings. The summed E-state index contributed by atoms with van der Waals surface area (Å²) in [7, 11) is 0. The fraction of sp³-hybridized carbons (Fsp3) is 0.0870. The van der Waals surface area contributed by atoms with Gasteiger partial charge in [0.25, 0.3) is 5.89 Å². The minimum absolute atomic E-state index is 0.0612. The molecule has 3 heterocycles. The van der Waals surface area contributed by atoms with Crippen LogP contribution in [0.3, 0.4) is 0 Å². The number of esters is 1. The first-order valence-electron chi connectivity index (χ1n) is 9.99. The number of benzene rings is 2. The Labute approximate surface area is 197 Å². The minimum atomic E-state index is -0.417. The van der Waals surface area contributed by atoms with Gasteiger partial charge in [0.05, 0.1) is 10.6 Å². The lowest BCUT2D eigenvalue weighted by atomic mass is 10.2. The van der Waals surface area contributed by atoms with Gasteiger partial charge in [0, 0.05) is 11.3 Å². The quantitative estimate of drug-likeness (QED) is 0.231. The van der Waals surface area contributed by atoms with Crippen LogP contribution in [0.4, 0.5) is 0 Å². The van der Waals surface area contributed by atoms with Crippen LogP contribution in [0, 0.1) is 0 Å². The summed E-state index contributed by atoms with van der Waals surface area (Å²) >= 11 is 2.76. The largest absolute Gasteiger partial charge is 0.455 e. The van der Waals surface area contributed by atoms with Crippen molar-refractivity contribution in [3.05, 3.63) is 84.1 Å². The van der Waals surface area contributed by atoms with E-state index in [1.807, 2.05) is 82.7 Å². The number of hydrogen-bond donors (Lipinski definition) is 0. The molecule has 0 bridgehead atoms. The molecule has 2 aromatic carbocycles. The number of rotatable bonds is 8. The number of carbonyl (C=O) groups is 1. The predicted molar refractivity (Wildman–Crippen MR) is 125 cm³/mol. The highest BCUT2D eigenvalue weighted by Gasteiger charge is 2.18. The van der Waals surface area contributed by atoms with Gasteiger partial charge in [-0.25, -0.2) is 0 Å². The molecular weight excluding hydrogens is 458 g/mol. The molecule has 10 heteroatoms. The van der Waals surface area contributed by atoms with Crippen LogP contribution in [0.5, 0.6) is 0 Å². The Bertz CT molecular complexity index is 1340. The summed E-state index contributed by atoms with van der Waals surface area (Å²) in [5.41, 5.74) is 1.84. The maximum absolute atomic E-state index is 12.4. The highest BCUT2D eigenvalue weighted by molar-refractivity contribution is 7.99. The van der Waals surface area contributed by atoms with Crippen molar-refractivity contribution in [1.82, 2.24) is 24.9 Å². The second kappa shape index (κ2) is 9.80. The highest BCUT2D eigenvalue weighted by atomic mass is 32.2. The molecule has 0 N–H and O–H groups in total. The molecule has 33 heavy (non-hydrogen) atoms. The number of para-hydroxylation sites is 1. The Morgan fingerprint density at radius 2 is 1.79 bits per heavy atom. The molecule has 0 saturated heterocycles. The average Bonchev–Trinajstić information content (AvgIpc) is 3.63. The number of ether oxygens (including phenoxy) is 1. The summed E-state index contributed by atoms with van der Waals surface area (Å²) in [4.78, 5) is 17.5. The van der Waals surface area contributed by atoms with E-state index in [4.69, 9.17) is 9.26 Å². The lowest BCUT2D eigenvalue weighted by Crippen LogP contribution is -2.08. The third-order valence-electron chi connectivity index (χ3n) is 4.57. The molecule has 0 saturated carbocycles.